The van der Waals surface area contributed by atoms with E-state index < -0.39 is 0 Å². The van der Waals surface area contributed by atoms with Gasteiger partial charge in [0.1, 0.15) is 5.01 Å². The number of aryl methyl sites for hydroxylation is 1. The topological polar surface area (TPSA) is 28.2 Å². The smallest absolute Gasteiger partial charge is 0.110 e. The highest BCUT2D eigenvalue weighted by molar-refractivity contribution is 7.09. The average molecular weight is 239 g/mol. The van der Waals surface area contributed by atoms with E-state index in [1.165, 1.54) is 18.0 Å². The van der Waals surface area contributed by atoms with Gasteiger partial charge in [-0.15, -0.1) is 11.3 Å². The minimum absolute atomic E-state index is 0.526. The molecule has 0 spiro atoms. The number of hydrogen-bond donors (Lipinski definition) is 1. The molecule has 2 unspecified atom stereocenters. The molecule has 1 N–H and O–H groups in total. The summed E-state index contributed by atoms with van der Waals surface area (Å²) in [5.74, 6) is 0.718. The van der Waals surface area contributed by atoms with Crippen LogP contribution in [0, 0.1) is 12.8 Å². The summed E-state index contributed by atoms with van der Waals surface area (Å²) in [4.78, 5) is 7.10. The molecule has 0 amide bonds. The van der Waals surface area contributed by atoms with Crippen molar-refractivity contribution in [2.24, 2.45) is 5.92 Å². The number of likely N-dealkylation sites (tertiary alicyclic amines) is 1. The van der Waals surface area contributed by atoms with E-state index in [2.05, 4.69) is 41.5 Å². The van der Waals surface area contributed by atoms with Gasteiger partial charge < -0.3 is 5.32 Å². The Morgan fingerprint density at radius 1 is 1.62 bits per heavy atom. The molecular formula is C12H21N3S. The van der Waals surface area contributed by atoms with Gasteiger partial charge in [-0.3, -0.25) is 4.90 Å². The molecule has 1 aliphatic rings. The van der Waals surface area contributed by atoms with Crippen LogP contribution in [0.15, 0.2) is 5.38 Å². The second-order valence-electron chi connectivity index (χ2n) is 4.61. The second kappa shape index (κ2) is 5.25. The largest absolute Gasteiger partial charge is 0.317 e. The lowest BCUT2D eigenvalue weighted by molar-refractivity contribution is 0.272. The van der Waals surface area contributed by atoms with Crippen LogP contribution in [0.4, 0.5) is 0 Å². The van der Waals surface area contributed by atoms with Crippen LogP contribution in [0.3, 0.4) is 0 Å². The Balaban J connectivity index is 2.09. The van der Waals surface area contributed by atoms with E-state index in [-0.39, 0.29) is 0 Å². The molecule has 90 valence electrons. The van der Waals surface area contributed by atoms with Crippen LogP contribution in [0.5, 0.6) is 0 Å². The van der Waals surface area contributed by atoms with Gasteiger partial charge in [0, 0.05) is 11.1 Å². The van der Waals surface area contributed by atoms with Crippen molar-refractivity contribution < 1.29 is 0 Å². The number of aromatic nitrogens is 1. The summed E-state index contributed by atoms with van der Waals surface area (Å²) >= 11 is 1.81. The van der Waals surface area contributed by atoms with Gasteiger partial charge in [0.15, 0.2) is 0 Å². The first kappa shape index (κ1) is 12.0. The summed E-state index contributed by atoms with van der Waals surface area (Å²) in [6.07, 6.45) is 1.28. The Morgan fingerprint density at radius 3 is 3.06 bits per heavy atom. The third-order valence-corrected chi connectivity index (χ3v) is 4.35. The molecule has 1 fully saturated rings. The first-order valence-electron chi connectivity index (χ1n) is 6.05. The Morgan fingerprint density at radius 2 is 2.44 bits per heavy atom. The maximum atomic E-state index is 4.65. The lowest BCUT2D eigenvalue weighted by Gasteiger charge is -2.23. The van der Waals surface area contributed by atoms with Gasteiger partial charge in [-0.25, -0.2) is 4.98 Å². The van der Waals surface area contributed by atoms with E-state index in [0.717, 1.165) is 24.7 Å². The van der Waals surface area contributed by atoms with Crippen LogP contribution >= 0.6 is 11.3 Å². The zero-order valence-corrected chi connectivity index (χ0v) is 11.2. The Hall–Kier alpha value is -0.450. The van der Waals surface area contributed by atoms with Crippen molar-refractivity contribution in [3.8, 4) is 0 Å². The van der Waals surface area contributed by atoms with Gasteiger partial charge in [0.05, 0.1) is 6.04 Å². The van der Waals surface area contributed by atoms with E-state index in [1.54, 1.807) is 0 Å². The lowest BCUT2D eigenvalue weighted by Crippen LogP contribution is -2.28. The average Bonchev–Trinajstić information content (AvgIpc) is 2.82. The van der Waals surface area contributed by atoms with Crippen molar-refractivity contribution in [1.82, 2.24) is 15.2 Å². The van der Waals surface area contributed by atoms with Gasteiger partial charge >= 0.3 is 0 Å². The predicted molar refractivity (Wildman–Crippen MR) is 68.9 cm³/mol. The van der Waals surface area contributed by atoms with Crippen molar-refractivity contribution in [1.29, 1.82) is 0 Å². The van der Waals surface area contributed by atoms with E-state index in [0.29, 0.717) is 6.04 Å². The molecule has 3 nitrogen and oxygen atoms in total. The molecule has 1 aromatic heterocycles. The van der Waals surface area contributed by atoms with Crippen molar-refractivity contribution in [2.45, 2.75) is 26.3 Å². The maximum absolute atomic E-state index is 4.65. The Kier molecular flexibility index (Phi) is 3.95. The highest BCUT2D eigenvalue weighted by Gasteiger charge is 2.34. The van der Waals surface area contributed by atoms with Crippen LogP contribution < -0.4 is 5.32 Å². The van der Waals surface area contributed by atoms with Crippen molar-refractivity contribution >= 4 is 11.3 Å². The summed E-state index contributed by atoms with van der Waals surface area (Å²) < 4.78 is 0. The summed E-state index contributed by atoms with van der Waals surface area (Å²) in [5, 5.41) is 6.92. The zero-order chi connectivity index (χ0) is 11.5. The molecule has 16 heavy (non-hydrogen) atoms. The van der Waals surface area contributed by atoms with Gasteiger partial charge in [-0.1, -0.05) is 6.92 Å². The third kappa shape index (κ3) is 2.44. The van der Waals surface area contributed by atoms with Gasteiger partial charge in [0.2, 0.25) is 0 Å². The molecule has 0 radical (unpaired) electrons. The summed E-state index contributed by atoms with van der Waals surface area (Å²) in [5.41, 5.74) is 1.16. The minimum atomic E-state index is 0.526. The first-order valence-corrected chi connectivity index (χ1v) is 6.93. The molecule has 0 aliphatic carbocycles. The molecule has 0 saturated carbocycles. The van der Waals surface area contributed by atoms with Crippen LogP contribution in [-0.2, 0) is 0 Å². The summed E-state index contributed by atoms with van der Waals surface area (Å²) in [6, 6.07) is 0.526. The van der Waals surface area contributed by atoms with Crippen LogP contribution in [0.1, 0.15) is 30.1 Å². The highest BCUT2D eigenvalue weighted by Crippen LogP contribution is 2.36. The van der Waals surface area contributed by atoms with Crippen LogP contribution in [0.2, 0.25) is 0 Å². The second-order valence-corrected chi connectivity index (χ2v) is 5.50. The fourth-order valence-corrected chi connectivity index (χ4v) is 3.52. The molecular weight excluding hydrogens is 218 g/mol. The summed E-state index contributed by atoms with van der Waals surface area (Å²) in [6.45, 7) is 7.61. The van der Waals surface area contributed by atoms with Gasteiger partial charge in [-0.2, -0.15) is 0 Å². The van der Waals surface area contributed by atoms with E-state index in [9.17, 15) is 0 Å². The Labute approximate surface area is 102 Å². The molecule has 4 heteroatoms. The SMILES string of the molecule is CCNCC1CCN(C)C1c1nc(C)cs1. The standard InChI is InChI=1S/C12H21N3S/c1-4-13-7-10-5-6-15(3)11(10)12-14-9(2)8-16-12/h8,10-11,13H,4-7H2,1-3H3. The number of thiazole rings is 1. The zero-order valence-electron chi connectivity index (χ0n) is 10.4. The minimum Gasteiger partial charge on any atom is -0.317 e. The quantitative estimate of drug-likeness (QED) is 0.871. The molecule has 0 aromatic carbocycles. The van der Waals surface area contributed by atoms with Gasteiger partial charge in [0.25, 0.3) is 0 Å². The summed E-state index contributed by atoms with van der Waals surface area (Å²) in [7, 11) is 2.22. The fourth-order valence-electron chi connectivity index (χ4n) is 2.47. The van der Waals surface area contributed by atoms with E-state index in [1.807, 2.05) is 11.3 Å². The number of hydrogen-bond acceptors (Lipinski definition) is 4. The van der Waals surface area contributed by atoms with Crippen molar-refractivity contribution in [2.75, 3.05) is 26.7 Å². The number of nitrogens with one attached hydrogen (secondary N) is 1. The molecule has 1 aliphatic heterocycles. The lowest BCUT2D eigenvalue weighted by atomic mass is 10.0. The van der Waals surface area contributed by atoms with Crippen molar-refractivity contribution in [3.63, 3.8) is 0 Å². The molecule has 1 saturated heterocycles. The number of nitrogens with zero attached hydrogens (tertiary/aromatic N) is 2. The molecule has 2 atom stereocenters. The van der Waals surface area contributed by atoms with E-state index in [4.69, 9.17) is 0 Å². The fraction of sp³-hybridized carbons (Fsp3) is 0.750. The third-order valence-electron chi connectivity index (χ3n) is 3.32. The van der Waals surface area contributed by atoms with Crippen LogP contribution in [-0.4, -0.2) is 36.6 Å². The first-order chi connectivity index (χ1) is 7.72. The van der Waals surface area contributed by atoms with Crippen LogP contribution in [0.25, 0.3) is 0 Å². The molecule has 2 rings (SSSR count). The van der Waals surface area contributed by atoms with Crippen molar-refractivity contribution in [3.05, 3.63) is 16.1 Å². The van der Waals surface area contributed by atoms with E-state index >= 15 is 0 Å². The number of rotatable bonds is 4. The molecule has 2 heterocycles. The van der Waals surface area contributed by atoms with Gasteiger partial charge in [-0.05, 0) is 45.9 Å². The molecule has 1 aromatic rings. The highest BCUT2D eigenvalue weighted by atomic mass is 32.1. The molecule has 0 bridgehead atoms. The monoisotopic (exact) mass is 239 g/mol. The normalized spacial score (nSPS) is 26.4. The maximum Gasteiger partial charge on any atom is 0.110 e. The Bertz CT molecular complexity index is 337. The predicted octanol–water partition coefficient (Wildman–Crippen LogP) is 2.05.